The maximum Gasteiger partial charge on any atom is 0.220 e. The third-order valence-corrected chi connectivity index (χ3v) is 4.55. The highest BCUT2D eigenvalue weighted by Crippen LogP contribution is 2.20. The number of hydrogen-bond donors (Lipinski definition) is 2. The summed E-state index contributed by atoms with van der Waals surface area (Å²) in [6.07, 6.45) is 9.34. The lowest BCUT2D eigenvalue weighted by Gasteiger charge is -2.25. The molecule has 0 saturated carbocycles. The molecule has 1 amide bonds. The van der Waals surface area contributed by atoms with Gasteiger partial charge in [0, 0.05) is 12.1 Å². The van der Waals surface area contributed by atoms with Crippen LogP contribution in [0.2, 0.25) is 0 Å². The molecule has 0 radical (unpaired) electrons. The molecule has 0 saturated heterocycles. The lowest BCUT2D eigenvalue weighted by atomic mass is 10.0. The zero-order valence-electron chi connectivity index (χ0n) is 16.0. The molecular weight excluding hydrogens is 324 g/mol. The number of allylic oxidation sites excluding steroid dienone is 1. The number of nitrogens with one attached hydrogen (secondary N) is 1. The topological polar surface area (TPSA) is 64.3 Å². The van der Waals surface area contributed by atoms with Gasteiger partial charge in [-0.05, 0) is 61.8 Å². The zero-order valence-corrected chi connectivity index (χ0v) is 16.0. The van der Waals surface area contributed by atoms with E-state index in [0.29, 0.717) is 18.1 Å². The maximum atomic E-state index is 12.4. The summed E-state index contributed by atoms with van der Waals surface area (Å²) in [5.74, 6) is 1.18. The number of amides is 1. The van der Waals surface area contributed by atoms with Crippen molar-refractivity contribution in [1.82, 2.24) is 5.32 Å². The minimum absolute atomic E-state index is 0.0535. The molecule has 0 heterocycles. The second kappa shape index (κ2) is 10.0. The number of rotatable bonds is 10. The van der Waals surface area contributed by atoms with Gasteiger partial charge in [0.2, 0.25) is 5.91 Å². The average Bonchev–Trinajstić information content (AvgIpc) is 3.08. The number of aryl methyl sites for hydroxylation is 1. The summed E-state index contributed by atoms with van der Waals surface area (Å²) in [4.78, 5) is 12.4. The Labute approximate surface area is 157 Å². The lowest BCUT2D eigenvalue weighted by Crippen LogP contribution is -2.38. The summed E-state index contributed by atoms with van der Waals surface area (Å²) in [5.41, 5.74) is 7.66. The summed E-state index contributed by atoms with van der Waals surface area (Å²) in [6.45, 7) is 8.36. The monoisotopic (exact) mass is 356 g/mol. The van der Waals surface area contributed by atoms with Crippen LogP contribution in [-0.4, -0.2) is 18.1 Å². The van der Waals surface area contributed by atoms with E-state index < -0.39 is 0 Å². The fourth-order valence-electron chi connectivity index (χ4n) is 3.13. The van der Waals surface area contributed by atoms with Crippen LogP contribution in [-0.2, 0) is 16.0 Å². The van der Waals surface area contributed by atoms with Gasteiger partial charge < -0.3 is 15.8 Å². The number of benzene rings is 1. The number of nitrogen functional groups attached to an aromatic ring is 1. The molecule has 0 fully saturated rings. The molecule has 4 nitrogen and oxygen atoms in total. The molecule has 1 aliphatic rings. The van der Waals surface area contributed by atoms with Crippen LogP contribution in [0.4, 0.5) is 5.69 Å². The van der Waals surface area contributed by atoms with Gasteiger partial charge in [0.1, 0.15) is 11.9 Å². The van der Waals surface area contributed by atoms with Crippen molar-refractivity contribution in [2.45, 2.75) is 64.5 Å². The predicted molar refractivity (Wildman–Crippen MR) is 108 cm³/mol. The van der Waals surface area contributed by atoms with E-state index in [4.69, 9.17) is 10.5 Å². The largest absolute Gasteiger partial charge is 0.489 e. The number of hydrogen-bond acceptors (Lipinski definition) is 3. The Hall–Kier alpha value is -2.23. The summed E-state index contributed by atoms with van der Waals surface area (Å²) in [5, 5.41) is 3.11. The van der Waals surface area contributed by atoms with E-state index in [0.717, 1.165) is 37.8 Å². The van der Waals surface area contributed by atoms with Crippen molar-refractivity contribution in [3.05, 3.63) is 54.3 Å². The van der Waals surface area contributed by atoms with E-state index in [9.17, 15) is 4.79 Å². The predicted octanol–water partition coefficient (Wildman–Crippen LogP) is 4.37. The van der Waals surface area contributed by atoms with Gasteiger partial charge in [0.15, 0.2) is 0 Å². The first-order chi connectivity index (χ1) is 12.4. The molecule has 1 unspecified atom stereocenters. The first kappa shape index (κ1) is 20.1. The Morgan fingerprint density at radius 2 is 2.08 bits per heavy atom. The SMILES string of the molecule is C=C(OC1C=CCC1)[C@H](CC(C)C)NC(=O)CCCc1ccc(N)cc1. The lowest BCUT2D eigenvalue weighted by molar-refractivity contribution is -0.122. The van der Waals surface area contributed by atoms with Gasteiger partial charge in [-0.3, -0.25) is 4.79 Å². The second-order valence-corrected chi connectivity index (χ2v) is 7.47. The standard InChI is InChI=1S/C22H32N2O2/c1-16(2)15-21(17(3)26-20-8-4-5-9-20)24-22(25)10-6-7-18-11-13-19(23)14-12-18/h4,8,11-14,16,20-21H,3,5-7,9-10,15,23H2,1-2H3,(H,24,25)/t20?,21-/m0/s1. The molecule has 1 aromatic carbocycles. The quantitative estimate of drug-likeness (QED) is 0.372. The van der Waals surface area contributed by atoms with Crippen LogP contribution in [0.25, 0.3) is 0 Å². The number of carbonyl (C=O) groups excluding carboxylic acids is 1. The number of anilines is 1. The molecule has 3 N–H and O–H groups in total. The van der Waals surface area contributed by atoms with Crippen LogP contribution < -0.4 is 11.1 Å². The number of carbonyl (C=O) groups is 1. The van der Waals surface area contributed by atoms with E-state index in [1.54, 1.807) is 0 Å². The Balaban J connectivity index is 1.79. The van der Waals surface area contributed by atoms with Gasteiger partial charge in [-0.2, -0.15) is 0 Å². The number of nitrogens with two attached hydrogens (primary N) is 1. The van der Waals surface area contributed by atoms with Gasteiger partial charge in [-0.1, -0.05) is 38.6 Å². The van der Waals surface area contributed by atoms with Crippen molar-refractivity contribution >= 4 is 11.6 Å². The maximum absolute atomic E-state index is 12.4. The van der Waals surface area contributed by atoms with Crippen LogP contribution in [0.5, 0.6) is 0 Å². The molecule has 0 spiro atoms. The smallest absolute Gasteiger partial charge is 0.220 e. The Morgan fingerprint density at radius 1 is 1.35 bits per heavy atom. The zero-order chi connectivity index (χ0) is 18.9. The van der Waals surface area contributed by atoms with Gasteiger partial charge in [-0.25, -0.2) is 0 Å². The van der Waals surface area contributed by atoms with Crippen LogP contribution in [0.1, 0.15) is 51.5 Å². The van der Waals surface area contributed by atoms with Crippen LogP contribution in [0.15, 0.2) is 48.8 Å². The molecule has 0 aromatic heterocycles. The molecule has 0 aliphatic heterocycles. The molecule has 2 rings (SSSR count). The van der Waals surface area contributed by atoms with E-state index in [1.165, 1.54) is 5.56 Å². The van der Waals surface area contributed by atoms with Crippen LogP contribution in [0, 0.1) is 5.92 Å². The third-order valence-electron chi connectivity index (χ3n) is 4.55. The molecule has 26 heavy (non-hydrogen) atoms. The van der Waals surface area contributed by atoms with Crippen molar-refractivity contribution in [2.75, 3.05) is 5.73 Å². The minimum Gasteiger partial charge on any atom is -0.489 e. The van der Waals surface area contributed by atoms with Crippen molar-refractivity contribution in [1.29, 1.82) is 0 Å². The minimum atomic E-state index is -0.131. The van der Waals surface area contributed by atoms with Crippen molar-refractivity contribution < 1.29 is 9.53 Å². The van der Waals surface area contributed by atoms with E-state index in [2.05, 4.69) is 37.9 Å². The number of ether oxygens (including phenoxy) is 1. The fourth-order valence-corrected chi connectivity index (χ4v) is 3.13. The summed E-state index contributed by atoms with van der Waals surface area (Å²) < 4.78 is 5.95. The van der Waals surface area contributed by atoms with Crippen molar-refractivity contribution in [3.8, 4) is 0 Å². The highest BCUT2D eigenvalue weighted by atomic mass is 16.5. The highest BCUT2D eigenvalue weighted by molar-refractivity contribution is 5.76. The van der Waals surface area contributed by atoms with E-state index >= 15 is 0 Å². The van der Waals surface area contributed by atoms with Gasteiger partial charge >= 0.3 is 0 Å². The fraction of sp³-hybridized carbons (Fsp3) is 0.500. The molecule has 1 aliphatic carbocycles. The van der Waals surface area contributed by atoms with Gasteiger partial charge in [0.25, 0.3) is 0 Å². The second-order valence-electron chi connectivity index (χ2n) is 7.47. The summed E-state index contributed by atoms with van der Waals surface area (Å²) >= 11 is 0. The summed E-state index contributed by atoms with van der Waals surface area (Å²) in [6, 6.07) is 7.69. The van der Waals surface area contributed by atoms with Crippen molar-refractivity contribution in [2.24, 2.45) is 5.92 Å². The normalized spacial score (nSPS) is 17.3. The van der Waals surface area contributed by atoms with E-state index in [-0.39, 0.29) is 18.1 Å². The first-order valence-corrected chi connectivity index (χ1v) is 9.60. The first-order valence-electron chi connectivity index (χ1n) is 9.60. The van der Waals surface area contributed by atoms with Gasteiger partial charge in [-0.15, -0.1) is 0 Å². The molecule has 0 bridgehead atoms. The van der Waals surface area contributed by atoms with Crippen molar-refractivity contribution in [3.63, 3.8) is 0 Å². The van der Waals surface area contributed by atoms with Gasteiger partial charge in [0.05, 0.1) is 6.04 Å². The molecule has 142 valence electrons. The molecule has 4 heteroatoms. The Kier molecular flexibility index (Phi) is 7.76. The third kappa shape index (κ3) is 6.95. The van der Waals surface area contributed by atoms with E-state index in [1.807, 2.05) is 24.3 Å². The molecule has 1 aromatic rings. The summed E-state index contributed by atoms with van der Waals surface area (Å²) in [7, 11) is 0. The highest BCUT2D eigenvalue weighted by Gasteiger charge is 2.21. The molecular formula is C22H32N2O2. The van der Waals surface area contributed by atoms with Crippen LogP contribution >= 0.6 is 0 Å². The van der Waals surface area contributed by atoms with Crippen LogP contribution in [0.3, 0.4) is 0 Å². The molecule has 2 atom stereocenters. The Morgan fingerprint density at radius 3 is 2.69 bits per heavy atom. The average molecular weight is 357 g/mol. The Bertz CT molecular complexity index is 620.